The van der Waals surface area contributed by atoms with E-state index in [1.54, 1.807) is 36.4 Å². The van der Waals surface area contributed by atoms with Crippen molar-refractivity contribution in [1.29, 1.82) is 0 Å². The number of benzene rings is 2. The van der Waals surface area contributed by atoms with Crippen molar-refractivity contribution in [1.82, 2.24) is 5.32 Å². The Morgan fingerprint density at radius 3 is 2.22 bits per heavy atom. The first-order chi connectivity index (χ1) is 11.1. The molecule has 0 saturated carbocycles. The first kappa shape index (κ1) is 17.7. The van der Waals surface area contributed by atoms with Gasteiger partial charge in [0.25, 0.3) is 0 Å². The van der Waals surface area contributed by atoms with E-state index in [4.69, 9.17) is 27.9 Å². The molecule has 2 aromatic carbocycles. The average Bonchev–Trinajstić information content (AvgIpc) is 2.55. The number of carbonyl (C=O) groups is 1. The van der Waals surface area contributed by atoms with E-state index in [-0.39, 0.29) is 12.5 Å². The topological polar surface area (TPSA) is 52.3 Å². The van der Waals surface area contributed by atoms with E-state index in [1.165, 1.54) is 11.8 Å². The minimum absolute atomic E-state index is 0.0893. The lowest BCUT2D eigenvalue weighted by atomic mass is 10.3. The van der Waals surface area contributed by atoms with Gasteiger partial charge in [0, 0.05) is 10.0 Å². The molecule has 2 aromatic rings. The largest absolute Gasteiger partial charge is 0.481 e. The first-order valence-electron chi connectivity index (χ1n) is 6.68. The van der Waals surface area contributed by atoms with Gasteiger partial charge >= 0.3 is 11.1 Å². The SMILES string of the molecule is CSC(NC(=O)COc1ccc(Cl)cc1)=[NH+]c1ccc(Cl)cc1. The molecule has 0 saturated heterocycles. The molecule has 0 aliphatic rings. The molecule has 0 aliphatic carbocycles. The number of rotatable bonds is 4. The first-order valence-corrected chi connectivity index (χ1v) is 8.66. The number of thioether (sulfide) groups is 1. The maximum absolute atomic E-state index is 11.9. The van der Waals surface area contributed by atoms with Gasteiger partial charge in [0.1, 0.15) is 11.4 Å². The van der Waals surface area contributed by atoms with Crippen LogP contribution in [0.1, 0.15) is 0 Å². The van der Waals surface area contributed by atoms with Gasteiger partial charge < -0.3 is 4.74 Å². The molecule has 0 atom stereocenters. The Labute approximate surface area is 148 Å². The normalized spacial score (nSPS) is 11.2. The van der Waals surface area contributed by atoms with Crippen LogP contribution in [0.4, 0.5) is 5.69 Å². The Hall–Kier alpha value is -1.69. The minimum atomic E-state index is -0.259. The molecule has 2 rings (SSSR count). The summed E-state index contributed by atoms with van der Waals surface area (Å²) in [6.07, 6.45) is 1.86. The van der Waals surface area contributed by atoms with Crippen LogP contribution in [0.3, 0.4) is 0 Å². The van der Waals surface area contributed by atoms with Crippen LogP contribution in [0.5, 0.6) is 5.75 Å². The molecule has 0 heterocycles. The van der Waals surface area contributed by atoms with Gasteiger partial charge in [0.2, 0.25) is 0 Å². The highest BCUT2D eigenvalue weighted by Gasteiger charge is 2.13. The van der Waals surface area contributed by atoms with Crippen molar-refractivity contribution < 1.29 is 14.5 Å². The Morgan fingerprint density at radius 1 is 1.09 bits per heavy atom. The summed E-state index contributed by atoms with van der Waals surface area (Å²) in [7, 11) is 0. The molecule has 120 valence electrons. The molecule has 0 aliphatic heterocycles. The summed E-state index contributed by atoms with van der Waals surface area (Å²) in [6, 6.07) is 14.0. The Kier molecular flexibility index (Phi) is 6.77. The summed E-state index contributed by atoms with van der Waals surface area (Å²) in [5, 5.41) is 4.64. The standard InChI is InChI=1S/C16H14Cl2N2O2S/c1-23-16(19-13-6-2-11(17)3-7-13)20-15(21)10-22-14-8-4-12(18)5-9-14/h2-9H,10H2,1H3,(H,19,20,21)/p+1. The smallest absolute Gasteiger partial charge is 0.345 e. The maximum atomic E-state index is 11.9. The number of ether oxygens (including phenoxy) is 1. The fraction of sp³-hybridized carbons (Fsp3) is 0.125. The Bertz CT molecular complexity index is 688. The molecule has 2 N–H and O–H groups in total. The van der Waals surface area contributed by atoms with E-state index in [9.17, 15) is 4.79 Å². The zero-order valence-corrected chi connectivity index (χ0v) is 14.6. The van der Waals surface area contributed by atoms with Crippen LogP contribution in [0, 0.1) is 0 Å². The number of hydrogen-bond donors (Lipinski definition) is 2. The van der Waals surface area contributed by atoms with E-state index in [1.807, 2.05) is 18.4 Å². The third-order valence-electron chi connectivity index (χ3n) is 2.74. The third kappa shape index (κ3) is 6.14. The van der Waals surface area contributed by atoms with Gasteiger partial charge in [-0.3, -0.25) is 0 Å². The lowest BCUT2D eigenvalue weighted by molar-refractivity contribution is -0.352. The summed E-state index contributed by atoms with van der Waals surface area (Å²) in [5.41, 5.74) is 0.831. The molecule has 0 fully saturated rings. The predicted octanol–water partition coefficient (Wildman–Crippen LogP) is 2.62. The van der Waals surface area contributed by atoms with Gasteiger partial charge in [-0.25, -0.2) is 15.1 Å². The van der Waals surface area contributed by atoms with Crippen molar-refractivity contribution in [3.63, 3.8) is 0 Å². The number of amides is 1. The number of hydrogen-bond acceptors (Lipinski definition) is 3. The van der Waals surface area contributed by atoms with Crippen molar-refractivity contribution in [2.45, 2.75) is 0 Å². The molecule has 0 aromatic heterocycles. The van der Waals surface area contributed by atoms with E-state index >= 15 is 0 Å². The zero-order chi connectivity index (χ0) is 16.7. The van der Waals surface area contributed by atoms with E-state index in [2.05, 4.69) is 10.3 Å². The highest BCUT2D eigenvalue weighted by molar-refractivity contribution is 8.13. The Morgan fingerprint density at radius 2 is 1.65 bits per heavy atom. The zero-order valence-electron chi connectivity index (χ0n) is 12.3. The van der Waals surface area contributed by atoms with Crippen LogP contribution in [0.25, 0.3) is 0 Å². The van der Waals surface area contributed by atoms with Crippen molar-refractivity contribution in [2.24, 2.45) is 0 Å². The van der Waals surface area contributed by atoms with Gasteiger partial charge in [-0.15, -0.1) is 0 Å². The van der Waals surface area contributed by atoms with Crippen LogP contribution in [-0.2, 0) is 4.79 Å². The van der Waals surface area contributed by atoms with Gasteiger partial charge in [-0.1, -0.05) is 23.2 Å². The second-order valence-electron chi connectivity index (χ2n) is 4.46. The highest BCUT2D eigenvalue weighted by Crippen LogP contribution is 2.15. The number of amidine groups is 1. The van der Waals surface area contributed by atoms with Gasteiger partial charge in [-0.2, -0.15) is 0 Å². The van der Waals surface area contributed by atoms with Crippen molar-refractivity contribution >= 4 is 51.7 Å². The monoisotopic (exact) mass is 369 g/mol. The molecule has 1 amide bonds. The molecule has 23 heavy (non-hydrogen) atoms. The molecule has 4 nitrogen and oxygen atoms in total. The van der Waals surface area contributed by atoms with Crippen molar-refractivity contribution in [3.8, 4) is 5.75 Å². The summed E-state index contributed by atoms with van der Waals surface area (Å²) in [4.78, 5) is 15.0. The van der Waals surface area contributed by atoms with Crippen LogP contribution in [-0.4, -0.2) is 23.9 Å². The Balaban J connectivity index is 1.91. The quantitative estimate of drug-likeness (QED) is 0.643. The van der Waals surface area contributed by atoms with Crippen LogP contribution < -0.4 is 15.0 Å². The van der Waals surface area contributed by atoms with Gasteiger partial charge in [0.15, 0.2) is 6.61 Å². The summed E-state index contributed by atoms with van der Waals surface area (Å²) < 4.78 is 5.40. The van der Waals surface area contributed by atoms with Gasteiger partial charge in [-0.05, 0) is 66.5 Å². The number of halogens is 2. The van der Waals surface area contributed by atoms with E-state index < -0.39 is 0 Å². The minimum Gasteiger partial charge on any atom is -0.481 e. The lowest BCUT2D eigenvalue weighted by Gasteiger charge is -2.04. The van der Waals surface area contributed by atoms with Crippen LogP contribution in [0.2, 0.25) is 10.0 Å². The summed E-state index contributed by atoms with van der Waals surface area (Å²) in [6.45, 7) is -0.0893. The molecule has 0 bridgehead atoms. The molecular weight excluding hydrogens is 355 g/mol. The molecule has 0 unspecified atom stereocenters. The van der Waals surface area contributed by atoms with Crippen molar-refractivity contribution in [3.05, 3.63) is 58.6 Å². The van der Waals surface area contributed by atoms with Crippen LogP contribution >= 0.6 is 35.0 Å². The fourth-order valence-corrected chi connectivity index (χ4v) is 2.33. The maximum Gasteiger partial charge on any atom is 0.345 e. The third-order valence-corrected chi connectivity index (χ3v) is 3.86. The lowest BCUT2D eigenvalue weighted by Crippen LogP contribution is -2.69. The van der Waals surface area contributed by atoms with E-state index in [0.29, 0.717) is 21.0 Å². The van der Waals surface area contributed by atoms with Gasteiger partial charge in [0.05, 0.1) is 0 Å². The second kappa shape index (κ2) is 8.82. The molecule has 0 radical (unpaired) electrons. The summed E-state index contributed by atoms with van der Waals surface area (Å²) >= 11 is 13.0. The number of carbonyl (C=O) groups excluding carboxylic acids is 1. The summed E-state index contributed by atoms with van der Waals surface area (Å²) in [5.74, 6) is 0.326. The van der Waals surface area contributed by atoms with E-state index in [0.717, 1.165) is 5.69 Å². The number of nitrogens with one attached hydrogen (secondary N) is 2. The second-order valence-corrected chi connectivity index (χ2v) is 6.15. The predicted molar refractivity (Wildman–Crippen MR) is 95.7 cm³/mol. The fourth-order valence-electron chi connectivity index (χ4n) is 1.64. The highest BCUT2D eigenvalue weighted by atomic mass is 35.5. The molecular formula is C16H15Cl2N2O2S+. The van der Waals surface area contributed by atoms with Crippen LogP contribution in [0.15, 0.2) is 48.5 Å². The van der Waals surface area contributed by atoms with Crippen molar-refractivity contribution in [2.75, 3.05) is 12.9 Å². The molecule has 0 spiro atoms. The average molecular weight is 370 g/mol. The molecule has 7 heteroatoms.